The van der Waals surface area contributed by atoms with Gasteiger partial charge in [0.2, 0.25) is 5.91 Å². The van der Waals surface area contributed by atoms with E-state index in [1.54, 1.807) is 12.1 Å². The highest BCUT2D eigenvalue weighted by atomic mass is 35.5. The Morgan fingerprint density at radius 1 is 1.41 bits per heavy atom. The Morgan fingerprint density at radius 3 is 2.82 bits per heavy atom. The van der Waals surface area contributed by atoms with Crippen molar-refractivity contribution in [1.82, 2.24) is 15.1 Å². The number of nitrogens with zero attached hydrogens (tertiary/aromatic N) is 2. The van der Waals surface area contributed by atoms with E-state index in [0.717, 1.165) is 30.5 Å². The van der Waals surface area contributed by atoms with Crippen LogP contribution in [-0.4, -0.2) is 15.7 Å². The number of halogens is 1. The third-order valence-electron chi connectivity index (χ3n) is 4.16. The predicted octanol–water partition coefficient (Wildman–Crippen LogP) is 1.88. The van der Waals surface area contributed by atoms with Crippen molar-refractivity contribution < 1.29 is 4.79 Å². The van der Waals surface area contributed by atoms with Gasteiger partial charge in [-0.25, -0.2) is 0 Å². The first kappa shape index (κ1) is 15.1. The normalized spacial score (nSPS) is 14.8. The molecule has 1 heterocycles. The van der Waals surface area contributed by atoms with Crippen LogP contribution in [0, 0.1) is 0 Å². The van der Waals surface area contributed by atoms with Crippen molar-refractivity contribution in [3.05, 3.63) is 51.8 Å². The molecule has 3 N–H and O–H groups in total. The summed E-state index contributed by atoms with van der Waals surface area (Å²) in [6.45, 7) is 0.565. The van der Waals surface area contributed by atoms with E-state index >= 15 is 0 Å². The molecule has 6 heteroatoms. The molecule has 1 aromatic heterocycles. The molecule has 0 saturated heterocycles. The zero-order valence-electron chi connectivity index (χ0n) is 12.5. The number of amides is 1. The summed E-state index contributed by atoms with van der Waals surface area (Å²) in [5.74, 6) is -0.402. The van der Waals surface area contributed by atoms with Crippen LogP contribution in [-0.2, 0) is 31.2 Å². The van der Waals surface area contributed by atoms with Crippen LogP contribution in [0.5, 0.6) is 0 Å². The first-order valence-electron chi connectivity index (χ1n) is 7.38. The summed E-state index contributed by atoms with van der Waals surface area (Å²) in [6, 6.07) is 6.62. The second-order valence-electron chi connectivity index (χ2n) is 5.62. The Kier molecular flexibility index (Phi) is 4.18. The molecule has 0 aliphatic heterocycles. The highest BCUT2D eigenvalue weighted by Gasteiger charge is 2.23. The van der Waals surface area contributed by atoms with Crippen LogP contribution in [0.25, 0.3) is 0 Å². The van der Waals surface area contributed by atoms with Crippen LogP contribution in [0.4, 0.5) is 0 Å². The van der Waals surface area contributed by atoms with Gasteiger partial charge in [-0.2, -0.15) is 5.10 Å². The van der Waals surface area contributed by atoms with Gasteiger partial charge >= 0.3 is 0 Å². The molecule has 116 valence electrons. The van der Waals surface area contributed by atoms with E-state index in [0.29, 0.717) is 11.6 Å². The van der Waals surface area contributed by atoms with Gasteiger partial charge in [-0.05, 0) is 42.5 Å². The first-order chi connectivity index (χ1) is 10.6. The maximum atomic E-state index is 11.8. The van der Waals surface area contributed by atoms with Gasteiger partial charge in [0.15, 0.2) is 0 Å². The van der Waals surface area contributed by atoms with Crippen LogP contribution in [0.2, 0.25) is 5.02 Å². The number of rotatable bonds is 5. The van der Waals surface area contributed by atoms with E-state index in [9.17, 15) is 4.79 Å². The van der Waals surface area contributed by atoms with Gasteiger partial charge in [-0.1, -0.05) is 23.7 Å². The Hall–Kier alpha value is -1.85. The fourth-order valence-corrected chi connectivity index (χ4v) is 3.17. The number of aromatic nitrogens is 2. The van der Waals surface area contributed by atoms with E-state index in [4.69, 9.17) is 17.3 Å². The van der Waals surface area contributed by atoms with E-state index in [-0.39, 0.29) is 0 Å². The topological polar surface area (TPSA) is 72.9 Å². The molecule has 0 saturated carbocycles. The van der Waals surface area contributed by atoms with Gasteiger partial charge in [0.1, 0.15) is 6.04 Å². The summed E-state index contributed by atoms with van der Waals surface area (Å²) in [6.07, 6.45) is 3.25. The lowest BCUT2D eigenvalue weighted by molar-refractivity contribution is -0.120. The first-order valence-corrected chi connectivity index (χ1v) is 7.76. The summed E-state index contributed by atoms with van der Waals surface area (Å²) in [5.41, 5.74) is 9.98. The molecule has 0 radical (unpaired) electrons. The second kappa shape index (κ2) is 6.10. The second-order valence-corrected chi connectivity index (χ2v) is 6.05. The van der Waals surface area contributed by atoms with Crippen molar-refractivity contribution in [2.45, 2.75) is 31.8 Å². The smallest absolute Gasteiger partial charge is 0.239 e. The highest BCUT2D eigenvalue weighted by molar-refractivity contribution is 6.30. The number of primary amides is 1. The average Bonchev–Trinajstić information content (AvgIpc) is 3.02. The summed E-state index contributed by atoms with van der Waals surface area (Å²) in [7, 11) is 1.94. The molecule has 1 aliphatic carbocycles. The van der Waals surface area contributed by atoms with Crippen LogP contribution < -0.4 is 11.1 Å². The minimum Gasteiger partial charge on any atom is -0.368 e. The Morgan fingerprint density at radius 2 is 2.14 bits per heavy atom. The van der Waals surface area contributed by atoms with Gasteiger partial charge < -0.3 is 5.73 Å². The zero-order chi connectivity index (χ0) is 15.7. The largest absolute Gasteiger partial charge is 0.368 e. The van der Waals surface area contributed by atoms with Crippen LogP contribution in [0.1, 0.15) is 35.0 Å². The molecule has 0 bridgehead atoms. The van der Waals surface area contributed by atoms with Gasteiger partial charge in [0.25, 0.3) is 0 Å². The number of nitrogens with two attached hydrogens (primary N) is 1. The molecular formula is C16H19ClN4O. The molecule has 22 heavy (non-hydrogen) atoms. The van der Waals surface area contributed by atoms with Crippen molar-refractivity contribution >= 4 is 17.5 Å². The molecule has 3 rings (SSSR count). The number of nitrogens with one attached hydrogen (secondary N) is 1. The molecule has 1 aliphatic rings. The Labute approximate surface area is 134 Å². The third-order valence-corrected chi connectivity index (χ3v) is 4.41. The summed E-state index contributed by atoms with van der Waals surface area (Å²) in [4.78, 5) is 11.8. The molecule has 1 atom stereocenters. The van der Waals surface area contributed by atoms with Crippen LogP contribution >= 0.6 is 11.6 Å². The summed E-state index contributed by atoms with van der Waals surface area (Å²) in [5, 5.41) is 8.43. The SMILES string of the molecule is Cn1nc2c(c1CNC(C(N)=O)c1ccc(Cl)cc1)CCC2. The fraction of sp³-hybridized carbons (Fsp3) is 0.375. The van der Waals surface area contributed by atoms with Gasteiger partial charge in [-0.15, -0.1) is 0 Å². The minimum absolute atomic E-state index is 0.402. The molecule has 0 spiro atoms. The predicted molar refractivity (Wildman–Crippen MR) is 85.5 cm³/mol. The van der Waals surface area contributed by atoms with E-state index in [2.05, 4.69) is 10.4 Å². The average molecular weight is 319 g/mol. The monoisotopic (exact) mass is 318 g/mol. The number of hydrogen-bond acceptors (Lipinski definition) is 3. The molecule has 2 aromatic rings. The summed E-state index contributed by atoms with van der Waals surface area (Å²) >= 11 is 5.89. The highest BCUT2D eigenvalue weighted by Crippen LogP contribution is 2.25. The maximum absolute atomic E-state index is 11.8. The third kappa shape index (κ3) is 2.87. The van der Waals surface area contributed by atoms with Crippen molar-refractivity contribution in [2.75, 3.05) is 0 Å². The minimum atomic E-state index is -0.538. The van der Waals surface area contributed by atoms with Gasteiger partial charge in [0, 0.05) is 18.6 Å². The lowest BCUT2D eigenvalue weighted by atomic mass is 10.1. The number of carbonyl (C=O) groups is 1. The number of aryl methyl sites for hydroxylation is 2. The lowest BCUT2D eigenvalue weighted by Gasteiger charge is -2.16. The van der Waals surface area contributed by atoms with E-state index < -0.39 is 11.9 Å². The van der Waals surface area contributed by atoms with Crippen LogP contribution in [0.15, 0.2) is 24.3 Å². The van der Waals surface area contributed by atoms with E-state index in [1.807, 2.05) is 23.9 Å². The molecule has 1 amide bonds. The van der Waals surface area contributed by atoms with Gasteiger partial charge in [-0.3, -0.25) is 14.8 Å². The van der Waals surface area contributed by atoms with Crippen molar-refractivity contribution in [2.24, 2.45) is 12.8 Å². The standard InChI is InChI=1S/C16H19ClN4O/c1-21-14(12-3-2-4-13(12)20-21)9-19-15(16(18)22)10-5-7-11(17)8-6-10/h5-8,15,19H,2-4,9H2,1H3,(H2,18,22). The molecule has 0 fully saturated rings. The lowest BCUT2D eigenvalue weighted by Crippen LogP contribution is -2.34. The van der Waals surface area contributed by atoms with Crippen molar-refractivity contribution in [3.63, 3.8) is 0 Å². The Balaban J connectivity index is 1.78. The number of fused-ring (bicyclic) bond motifs is 1. The molecule has 5 nitrogen and oxygen atoms in total. The van der Waals surface area contributed by atoms with Crippen LogP contribution in [0.3, 0.4) is 0 Å². The quantitative estimate of drug-likeness (QED) is 0.884. The summed E-state index contributed by atoms with van der Waals surface area (Å²) < 4.78 is 1.90. The van der Waals surface area contributed by atoms with E-state index in [1.165, 1.54) is 11.3 Å². The number of benzene rings is 1. The number of carbonyl (C=O) groups excluding carboxylic acids is 1. The molecule has 1 unspecified atom stereocenters. The Bertz CT molecular complexity index is 693. The van der Waals surface area contributed by atoms with Crippen molar-refractivity contribution in [1.29, 1.82) is 0 Å². The zero-order valence-corrected chi connectivity index (χ0v) is 13.2. The number of hydrogen-bond donors (Lipinski definition) is 2. The fourth-order valence-electron chi connectivity index (χ4n) is 3.04. The van der Waals surface area contributed by atoms with Crippen molar-refractivity contribution in [3.8, 4) is 0 Å². The maximum Gasteiger partial charge on any atom is 0.239 e. The molecule has 1 aromatic carbocycles. The van der Waals surface area contributed by atoms with Gasteiger partial charge in [0.05, 0.1) is 11.4 Å². The molecular weight excluding hydrogens is 300 g/mol.